The number of fused-ring (bicyclic) bond motifs is 1. The van der Waals surface area contributed by atoms with Crippen LogP contribution >= 0.6 is 0 Å². The molecule has 0 aromatic carbocycles. The molecular formula is C18H28N2O3. The third-order valence-corrected chi connectivity index (χ3v) is 5.93. The van der Waals surface area contributed by atoms with Gasteiger partial charge >= 0.3 is 0 Å². The van der Waals surface area contributed by atoms with Crippen molar-refractivity contribution in [3.05, 3.63) is 11.6 Å². The highest BCUT2D eigenvalue weighted by Crippen LogP contribution is 2.59. The quantitative estimate of drug-likeness (QED) is 0.753. The Morgan fingerprint density at radius 3 is 3.09 bits per heavy atom. The van der Waals surface area contributed by atoms with Gasteiger partial charge < -0.3 is 14.6 Å². The van der Waals surface area contributed by atoms with Crippen LogP contribution < -0.4 is 0 Å². The van der Waals surface area contributed by atoms with E-state index >= 15 is 0 Å². The fraction of sp³-hybridized carbons (Fsp3) is 0.833. The zero-order valence-electron chi connectivity index (χ0n) is 14.2. The van der Waals surface area contributed by atoms with Gasteiger partial charge in [0.15, 0.2) is 6.10 Å². The highest BCUT2D eigenvalue weighted by Gasteiger charge is 2.50. The Kier molecular flexibility index (Phi) is 5.07. The van der Waals surface area contributed by atoms with Gasteiger partial charge in [-0.1, -0.05) is 19.9 Å². The molecule has 5 heteroatoms. The summed E-state index contributed by atoms with van der Waals surface area (Å²) in [7, 11) is 0. The van der Waals surface area contributed by atoms with Gasteiger partial charge in [-0.2, -0.15) is 5.26 Å². The molecule has 2 bridgehead atoms. The lowest BCUT2D eigenvalue weighted by molar-refractivity contribution is -0.0395. The van der Waals surface area contributed by atoms with E-state index in [9.17, 15) is 5.11 Å². The average Bonchev–Trinajstić information content (AvgIpc) is 2.55. The molecule has 0 spiro atoms. The summed E-state index contributed by atoms with van der Waals surface area (Å²) in [4.78, 5) is 2.07. The van der Waals surface area contributed by atoms with E-state index < -0.39 is 6.10 Å². The summed E-state index contributed by atoms with van der Waals surface area (Å²) < 4.78 is 11.1. The summed E-state index contributed by atoms with van der Waals surface area (Å²) in [6.07, 6.45) is 3.93. The van der Waals surface area contributed by atoms with Crippen molar-refractivity contribution in [3.8, 4) is 6.07 Å². The zero-order valence-corrected chi connectivity index (χ0v) is 14.2. The minimum Gasteiger partial charge on any atom is -0.389 e. The molecule has 4 atom stereocenters. The van der Waals surface area contributed by atoms with Crippen LogP contribution in [0, 0.1) is 28.6 Å². The lowest BCUT2D eigenvalue weighted by atomic mass is 9.49. The van der Waals surface area contributed by atoms with Gasteiger partial charge in [-0.25, -0.2) is 0 Å². The molecule has 1 saturated heterocycles. The second-order valence-electron chi connectivity index (χ2n) is 7.74. The number of morpholine rings is 1. The van der Waals surface area contributed by atoms with E-state index in [1.807, 2.05) is 0 Å². The van der Waals surface area contributed by atoms with Crippen LogP contribution in [0.3, 0.4) is 0 Å². The molecule has 5 nitrogen and oxygen atoms in total. The van der Waals surface area contributed by atoms with Gasteiger partial charge in [0.2, 0.25) is 0 Å². The van der Waals surface area contributed by atoms with Gasteiger partial charge in [0.1, 0.15) is 0 Å². The van der Waals surface area contributed by atoms with Crippen molar-refractivity contribution in [1.29, 1.82) is 5.26 Å². The summed E-state index contributed by atoms with van der Waals surface area (Å²) in [6, 6.07) is 2.13. The molecule has 1 aliphatic heterocycles. The Bertz CT molecular complexity index is 497. The largest absolute Gasteiger partial charge is 0.389 e. The molecule has 1 heterocycles. The van der Waals surface area contributed by atoms with E-state index in [0.717, 1.165) is 12.5 Å². The van der Waals surface area contributed by atoms with Gasteiger partial charge in [0.05, 0.1) is 32.0 Å². The minimum atomic E-state index is -0.515. The molecule has 1 N–H and O–H groups in total. The predicted molar refractivity (Wildman–Crippen MR) is 86.7 cm³/mol. The van der Waals surface area contributed by atoms with E-state index in [2.05, 4.69) is 30.9 Å². The number of hydrogen-bond acceptors (Lipinski definition) is 5. The molecule has 23 heavy (non-hydrogen) atoms. The van der Waals surface area contributed by atoms with E-state index in [0.29, 0.717) is 44.2 Å². The maximum atomic E-state index is 10.2. The summed E-state index contributed by atoms with van der Waals surface area (Å²) in [6.45, 7) is 8.13. The fourth-order valence-corrected chi connectivity index (χ4v) is 4.25. The summed E-state index contributed by atoms with van der Waals surface area (Å²) >= 11 is 0. The Labute approximate surface area is 138 Å². The standard InChI is InChI=1S/C18H28N2O3/c1-18(2)14-4-3-13(17(18)7-14)11-22-12-15(21)9-20-5-6-23-16(8-19)10-20/h3,14-17,21H,4-7,9-12H2,1-2H3. The molecule has 128 valence electrons. The molecule has 4 rings (SSSR count). The Morgan fingerprint density at radius 2 is 2.39 bits per heavy atom. The van der Waals surface area contributed by atoms with Gasteiger partial charge in [0.25, 0.3) is 0 Å². The molecule has 4 unspecified atom stereocenters. The van der Waals surface area contributed by atoms with Gasteiger partial charge in [-0.05, 0) is 35.7 Å². The Hall–Kier alpha value is -0.930. The van der Waals surface area contributed by atoms with E-state index in [1.54, 1.807) is 0 Å². The van der Waals surface area contributed by atoms with Crippen LogP contribution in [0.4, 0.5) is 0 Å². The molecule has 0 aromatic heterocycles. The number of aliphatic hydroxyl groups is 1. The second-order valence-corrected chi connectivity index (χ2v) is 7.74. The first-order valence-electron chi connectivity index (χ1n) is 8.69. The number of rotatable bonds is 6. The number of hydrogen-bond donors (Lipinski definition) is 1. The number of nitrogens with zero attached hydrogens (tertiary/aromatic N) is 2. The highest BCUT2D eigenvalue weighted by atomic mass is 16.5. The van der Waals surface area contributed by atoms with Crippen molar-refractivity contribution in [2.45, 2.75) is 38.9 Å². The lowest BCUT2D eigenvalue weighted by Crippen LogP contribution is -2.49. The third kappa shape index (κ3) is 3.61. The third-order valence-electron chi connectivity index (χ3n) is 5.93. The van der Waals surface area contributed by atoms with E-state index in [-0.39, 0.29) is 6.10 Å². The Morgan fingerprint density at radius 1 is 1.57 bits per heavy atom. The molecular weight excluding hydrogens is 292 g/mol. The average molecular weight is 320 g/mol. The van der Waals surface area contributed by atoms with Crippen molar-refractivity contribution in [1.82, 2.24) is 4.90 Å². The number of nitriles is 1. The van der Waals surface area contributed by atoms with Crippen molar-refractivity contribution in [2.24, 2.45) is 17.3 Å². The van der Waals surface area contributed by atoms with Crippen molar-refractivity contribution in [3.63, 3.8) is 0 Å². The second kappa shape index (κ2) is 6.90. The molecule has 0 aromatic rings. The van der Waals surface area contributed by atoms with Crippen molar-refractivity contribution >= 4 is 0 Å². The lowest BCUT2D eigenvalue weighted by Gasteiger charge is -2.56. The molecule has 0 amide bonds. The zero-order chi connectivity index (χ0) is 16.4. The highest BCUT2D eigenvalue weighted by molar-refractivity contribution is 5.23. The maximum absolute atomic E-state index is 10.2. The monoisotopic (exact) mass is 320 g/mol. The number of allylic oxidation sites excluding steroid dienone is 1. The van der Waals surface area contributed by atoms with Gasteiger partial charge in [0, 0.05) is 19.6 Å². The van der Waals surface area contributed by atoms with Crippen LogP contribution in [-0.2, 0) is 9.47 Å². The SMILES string of the molecule is CC1(C)C2CC=C(COCC(O)CN3CCOC(C#N)C3)C1C2. The van der Waals surface area contributed by atoms with Crippen LogP contribution in [0.2, 0.25) is 0 Å². The summed E-state index contributed by atoms with van der Waals surface area (Å²) in [5, 5.41) is 19.1. The fourth-order valence-electron chi connectivity index (χ4n) is 4.25. The first kappa shape index (κ1) is 16.9. The smallest absolute Gasteiger partial charge is 0.156 e. The normalized spacial score (nSPS) is 34.2. The molecule has 0 radical (unpaired) electrons. The van der Waals surface area contributed by atoms with Crippen molar-refractivity contribution in [2.75, 3.05) is 39.5 Å². The molecule has 1 saturated carbocycles. The van der Waals surface area contributed by atoms with Crippen LogP contribution in [0.5, 0.6) is 0 Å². The van der Waals surface area contributed by atoms with E-state index in [4.69, 9.17) is 14.7 Å². The van der Waals surface area contributed by atoms with Gasteiger partial charge in [-0.3, -0.25) is 4.90 Å². The number of ether oxygens (including phenoxy) is 2. The molecule has 3 aliphatic carbocycles. The van der Waals surface area contributed by atoms with Crippen molar-refractivity contribution < 1.29 is 14.6 Å². The first-order valence-corrected chi connectivity index (χ1v) is 8.69. The maximum Gasteiger partial charge on any atom is 0.156 e. The summed E-state index contributed by atoms with van der Waals surface area (Å²) in [5.41, 5.74) is 1.84. The van der Waals surface area contributed by atoms with Crippen LogP contribution in [0.15, 0.2) is 11.6 Å². The Balaban J connectivity index is 1.38. The molecule has 4 aliphatic rings. The minimum absolute atomic E-state index is 0.350. The topological polar surface area (TPSA) is 65.7 Å². The van der Waals surface area contributed by atoms with Crippen LogP contribution in [0.25, 0.3) is 0 Å². The van der Waals surface area contributed by atoms with E-state index in [1.165, 1.54) is 18.4 Å². The van der Waals surface area contributed by atoms with Gasteiger partial charge in [-0.15, -0.1) is 0 Å². The number of β-amino-alcohol motifs (C(OH)–C–C–N with tert-alkyl or cyclic N) is 1. The predicted octanol–water partition coefficient (Wildman–Crippen LogP) is 1.58. The van der Waals surface area contributed by atoms with Crippen LogP contribution in [0.1, 0.15) is 26.7 Å². The molecule has 2 fully saturated rings. The first-order chi connectivity index (χ1) is 11.0. The number of aliphatic hydroxyl groups excluding tert-OH is 1. The summed E-state index contributed by atoms with van der Waals surface area (Å²) in [5.74, 6) is 1.50. The van der Waals surface area contributed by atoms with Crippen LogP contribution in [-0.4, -0.2) is 61.7 Å².